The van der Waals surface area contributed by atoms with Crippen molar-refractivity contribution in [1.82, 2.24) is 9.62 Å². The zero-order chi connectivity index (χ0) is 14.5. The van der Waals surface area contributed by atoms with E-state index in [1.54, 1.807) is 0 Å². The largest absolute Gasteiger partial charge is 0.304 e. The van der Waals surface area contributed by atoms with E-state index in [1.807, 2.05) is 7.05 Å². The summed E-state index contributed by atoms with van der Waals surface area (Å²) in [5.74, 6) is -0.447. The monoisotopic (exact) mass is 288 g/mol. The van der Waals surface area contributed by atoms with Gasteiger partial charge in [0.05, 0.1) is 4.90 Å². The summed E-state index contributed by atoms with van der Waals surface area (Å²) in [6, 6.07) is 5.24. The number of nitrogens with one attached hydrogen (secondary N) is 1. The van der Waals surface area contributed by atoms with Crippen molar-refractivity contribution >= 4 is 10.0 Å². The van der Waals surface area contributed by atoms with Gasteiger partial charge in [-0.2, -0.15) is 0 Å². The van der Waals surface area contributed by atoms with Crippen LogP contribution in [-0.2, 0) is 10.0 Å². The van der Waals surface area contributed by atoms with Crippen molar-refractivity contribution in [2.24, 2.45) is 0 Å². The van der Waals surface area contributed by atoms with Crippen molar-refractivity contribution in [2.75, 3.05) is 20.1 Å². The summed E-state index contributed by atoms with van der Waals surface area (Å²) < 4.78 is 39.0. The standard InChI is InChI=1S/C13H21FN2O2S/c1-11(2)16(3)10-4-9-15-19(17,18)13-7-5-12(14)6-8-13/h5-8,11,15H,4,9-10H2,1-3H3. The topological polar surface area (TPSA) is 49.4 Å². The second kappa shape index (κ2) is 6.98. The van der Waals surface area contributed by atoms with Crippen LogP contribution in [-0.4, -0.2) is 39.5 Å². The smallest absolute Gasteiger partial charge is 0.240 e. The van der Waals surface area contributed by atoms with E-state index in [1.165, 1.54) is 12.1 Å². The lowest BCUT2D eigenvalue weighted by Crippen LogP contribution is -2.31. The van der Waals surface area contributed by atoms with Gasteiger partial charge in [0.25, 0.3) is 0 Å². The lowest BCUT2D eigenvalue weighted by molar-refractivity contribution is 0.271. The highest BCUT2D eigenvalue weighted by Gasteiger charge is 2.13. The van der Waals surface area contributed by atoms with Gasteiger partial charge in [0.15, 0.2) is 0 Å². The van der Waals surface area contributed by atoms with Gasteiger partial charge in [-0.25, -0.2) is 17.5 Å². The first-order valence-corrected chi connectivity index (χ1v) is 7.76. The molecule has 0 aliphatic heterocycles. The van der Waals surface area contributed by atoms with Crippen molar-refractivity contribution < 1.29 is 12.8 Å². The summed E-state index contributed by atoms with van der Waals surface area (Å²) >= 11 is 0. The Bertz CT molecular complexity index is 486. The molecule has 1 rings (SSSR count). The Morgan fingerprint density at radius 3 is 2.37 bits per heavy atom. The van der Waals surface area contributed by atoms with Crippen molar-refractivity contribution in [3.05, 3.63) is 30.1 Å². The van der Waals surface area contributed by atoms with Crippen LogP contribution in [0, 0.1) is 5.82 Å². The Morgan fingerprint density at radius 1 is 1.26 bits per heavy atom. The molecule has 4 nitrogen and oxygen atoms in total. The normalized spacial score (nSPS) is 12.3. The van der Waals surface area contributed by atoms with E-state index >= 15 is 0 Å². The molecule has 0 radical (unpaired) electrons. The summed E-state index contributed by atoms with van der Waals surface area (Å²) in [5, 5.41) is 0. The lowest BCUT2D eigenvalue weighted by atomic mass is 10.3. The van der Waals surface area contributed by atoms with Gasteiger partial charge < -0.3 is 4.90 Å². The highest BCUT2D eigenvalue weighted by molar-refractivity contribution is 7.89. The van der Waals surface area contributed by atoms with Gasteiger partial charge in [-0.05, 0) is 58.1 Å². The molecule has 19 heavy (non-hydrogen) atoms. The number of halogens is 1. The lowest BCUT2D eigenvalue weighted by Gasteiger charge is -2.20. The summed E-state index contributed by atoms with van der Waals surface area (Å²) in [5.41, 5.74) is 0. The Balaban J connectivity index is 2.46. The van der Waals surface area contributed by atoms with Gasteiger partial charge in [0, 0.05) is 12.6 Å². The van der Waals surface area contributed by atoms with Crippen LogP contribution in [0.3, 0.4) is 0 Å². The molecule has 0 unspecified atom stereocenters. The van der Waals surface area contributed by atoms with Crippen LogP contribution in [0.1, 0.15) is 20.3 Å². The predicted molar refractivity (Wildman–Crippen MR) is 74.0 cm³/mol. The van der Waals surface area contributed by atoms with Gasteiger partial charge in [0.2, 0.25) is 10.0 Å². The maximum atomic E-state index is 12.7. The number of benzene rings is 1. The van der Waals surface area contributed by atoms with E-state index in [4.69, 9.17) is 0 Å². The maximum absolute atomic E-state index is 12.7. The van der Waals surface area contributed by atoms with Crippen LogP contribution in [0.4, 0.5) is 4.39 Å². The molecular formula is C13H21FN2O2S. The molecule has 0 amide bonds. The number of hydrogen-bond acceptors (Lipinski definition) is 3. The molecule has 1 aromatic carbocycles. The molecule has 0 spiro atoms. The Labute approximate surface area is 114 Å². The first-order valence-electron chi connectivity index (χ1n) is 6.28. The average Bonchev–Trinajstić information content (AvgIpc) is 2.34. The van der Waals surface area contributed by atoms with Crippen molar-refractivity contribution in [3.63, 3.8) is 0 Å². The quantitative estimate of drug-likeness (QED) is 0.779. The maximum Gasteiger partial charge on any atom is 0.240 e. The fourth-order valence-electron chi connectivity index (χ4n) is 1.49. The van der Waals surface area contributed by atoms with Crippen LogP contribution in [0.2, 0.25) is 0 Å². The SMILES string of the molecule is CC(C)N(C)CCCNS(=O)(=O)c1ccc(F)cc1. The van der Waals surface area contributed by atoms with Gasteiger partial charge >= 0.3 is 0 Å². The molecule has 1 aromatic rings. The molecule has 0 bridgehead atoms. The minimum atomic E-state index is -3.53. The summed E-state index contributed by atoms with van der Waals surface area (Å²) in [6.07, 6.45) is 0.731. The second-order valence-electron chi connectivity index (χ2n) is 4.78. The first-order chi connectivity index (χ1) is 8.83. The van der Waals surface area contributed by atoms with E-state index in [9.17, 15) is 12.8 Å². The zero-order valence-electron chi connectivity index (χ0n) is 11.6. The van der Waals surface area contributed by atoms with Crippen molar-refractivity contribution in [2.45, 2.75) is 31.2 Å². The van der Waals surface area contributed by atoms with Crippen LogP contribution >= 0.6 is 0 Å². The van der Waals surface area contributed by atoms with Gasteiger partial charge in [-0.15, -0.1) is 0 Å². The molecule has 0 fully saturated rings. The molecule has 108 valence electrons. The van der Waals surface area contributed by atoms with E-state index < -0.39 is 15.8 Å². The van der Waals surface area contributed by atoms with E-state index in [0.29, 0.717) is 12.6 Å². The van der Waals surface area contributed by atoms with Crippen LogP contribution < -0.4 is 4.72 Å². The summed E-state index contributed by atoms with van der Waals surface area (Å²) in [6.45, 7) is 5.37. The van der Waals surface area contributed by atoms with Gasteiger partial charge in [-0.3, -0.25) is 0 Å². The molecule has 0 aliphatic carbocycles. The fraction of sp³-hybridized carbons (Fsp3) is 0.538. The molecule has 0 atom stereocenters. The molecule has 0 saturated carbocycles. The predicted octanol–water partition coefficient (Wildman–Crippen LogP) is 1.83. The van der Waals surface area contributed by atoms with Crippen LogP contribution in [0.15, 0.2) is 29.2 Å². The van der Waals surface area contributed by atoms with E-state index in [0.717, 1.165) is 25.1 Å². The van der Waals surface area contributed by atoms with Gasteiger partial charge in [0.1, 0.15) is 5.82 Å². The Hall–Kier alpha value is -0.980. The van der Waals surface area contributed by atoms with Crippen molar-refractivity contribution in [3.8, 4) is 0 Å². The molecule has 6 heteroatoms. The highest BCUT2D eigenvalue weighted by atomic mass is 32.2. The minimum Gasteiger partial charge on any atom is -0.304 e. The third-order valence-corrected chi connectivity index (χ3v) is 4.46. The fourth-order valence-corrected chi connectivity index (χ4v) is 2.56. The number of hydrogen-bond donors (Lipinski definition) is 1. The zero-order valence-corrected chi connectivity index (χ0v) is 12.4. The summed E-state index contributed by atoms with van der Waals surface area (Å²) in [4.78, 5) is 2.23. The van der Waals surface area contributed by atoms with Gasteiger partial charge in [-0.1, -0.05) is 0 Å². The minimum absolute atomic E-state index is 0.0890. The van der Waals surface area contributed by atoms with E-state index in [-0.39, 0.29) is 4.90 Å². The summed E-state index contributed by atoms with van der Waals surface area (Å²) in [7, 11) is -1.53. The molecule has 1 N–H and O–H groups in total. The van der Waals surface area contributed by atoms with E-state index in [2.05, 4.69) is 23.5 Å². The van der Waals surface area contributed by atoms with Crippen LogP contribution in [0.5, 0.6) is 0 Å². The molecule has 0 saturated heterocycles. The molecule has 0 aliphatic rings. The van der Waals surface area contributed by atoms with Crippen LogP contribution in [0.25, 0.3) is 0 Å². The number of sulfonamides is 1. The Morgan fingerprint density at radius 2 is 1.84 bits per heavy atom. The third kappa shape index (κ3) is 5.26. The highest BCUT2D eigenvalue weighted by Crippen LogP contribution is 2.09. The van der Waals surface area contributed by atoms with Crippen molar-refractivity contribution in [1.29, 1.82) is 0 Å². The third-order valence-electron chi connectivity index (χ3n) is 2.99. The number of rotatable bonds is 7. The second-order valence-corrected chi connectivity index (χ2v) is 6.55. The molecule has 0 heterocycles. The molecule has 0 aromatic heterocycles. The average molecular weight is 288 g/mol. The first kappa shape index (κ1) is 16.1. The Kier molecular flexibility index (Phi) is 5.90. The number of nitrogens with zero attached hydrogens (tertiary/aromatic N) is 1. The molecular weight excluding hydrogens is 267 g/mol.